The first-order chi connectivity index (χ1) is 8.69. The highest BCUT2D eigenvalue weighted by Crippen LogP contribution is 2.28. The number of amidine groups is 1. The lowest BCUT2D eigenvalue weighted by Gasteiger charge is -2.21. The Morgan fingerprint density at radius 1 is 1.56 bits per heavy atom. The van der Waals surface area contributed by atoms with Gasteiger partial charge in [-0.1, -0.05) is 5.16 Å². The molecule has 1 aromatic rings. The third-order valence-corrected chi connectivity index (χ3v) is 3.43. The van der Waals surface area contributed by atoms with Crippen LogP contribution in [0.4, 0.5) is 0 Å². The summed E-state index contributed by atoms with van der Waals surface area (Å²) in [5, 5.41) is 11.6. The highest BCUT2D eigenvalue weighted by molar-refractivity contribution is 9.10. The van der Waals surface area contributed by atoms with Crippen LogP contribution in [-0.2, 0) is 6.54 Å². The molecule has 1 saturated carbocycles. The van der Waals surface area contributed by atoms with Crippen molar-refractivity contribution < 1.29 is 5.21 Å². The van der Waals surface area contributed by atoms with Crippen LogP contribution in [0.3, 0.4) is 0 Å². The van der Waals surface area contributed by atoms with Crippen molar-refractivity contribution in [3.05, 3.63) is 28.5 Å². The second-order valence-corrected chi connectivity index (χ2v) is 5.47. The molecule has 2 rings (SSSR count). The number of hydrogen-bond donors (Lipinski definition) is 2. The minimum atomic E-state index is 0.285. The summed E-state index contributed by atoms with van der Waals surface area (Å²) < 4.78 is 0.993. The van der Waals surface area contributed by atoms with E-state index in [1.54, 1.807) is 6.20 Å². The lowest BCUT2D eigenvalue weighted by Crippen LogP contribution is -2.29. The molecule has 0 spiro atoms. The van der Waals surface area contributed by atoms with E-state index in [0.717, 1.165) is 17.6 Å². The summed E-state index contributed by atoms with van der Waals surface area (Å²) in [6.45, 7) is 1.67. The maximum absolute atomic E-state index is 8.56. The minimum absolute atomic E-state index is 0.285. The molecule has 6 heteroatoms. The van der Waals surface area contributed by atoms with E-state index in [4.69, 9.17) is 10.9 Å². The molecule has 98 valence electrons. The molecule has 1 aliphatic rings. The Bertz CT molecular complexity index is 434. The van der Waals surface area contributed by atoms with Crippen LogP contribution in [0.2, 0.25) is 0 Å². The fourth-order valence-electron chi connectivity index (χ4n) is 1.92. The van der Waals surface area contributed by atoms with E-state index in [0.29, 0.717) is 12.5 Å². The first kappa shape index (κ1) is 13.3. The number of aromatic nitrogens is 1. The van der Waals surface area contributed by atoms with E-state index < -0.39 is 0 Å². The topological polar surface area (TPSA) is 74.7 Å². The van der Waals surface area contributed by atoms with E-state index in [-0.39, 0.29) is 5.84 Å². The zero-order chi connectivity index (χ0) is 13.0. The predicted octanol–water partition coefficient (Wildman–Crippen LogP) is 1.94. The molecule has 1 heterocycles. The third kappa shape index (κ3) is 3.96. The van der Waals surface area contributed by atoms with Gasteiger partial charge in [0, 0.05) is 42.4 Å². The van der Waals surface area contributed by atoms with Crippen LogP contribution in [0, 0.1) is 0 Å². The molecule has 0 atom stereocenters. The monoisotopic (exact) mass is 312 g/mol. The van der Waals surface area contributed by atoms with Gasteiger partial charge in [-0.05, 0) is 40.4 Å². The van der Waals surface area contributed by atoms with Crippen molar-refractivity contribution in [3.8, 4) is 0 Å². The van der Waals surface area contributed by atoms with Gasteiger partial charge in [0.15, 0.2) is 0 Å². The molecule has 3 N–H and O–H groups in total. The van der Waals surface area contributed by atoms with Crippen LogP contribution < -0.4 is 5.73 Å². The van der Waals surface area contributed by atoms with Crippen LogP contribution in [0.15, 0.2) is 28.1 Å². The van der Waals surface area contributed by atoms with Crippen molar-refractivity contribution in [3.63, 3.8) is 0 Å². The largest absolute Gasteiger partial charge is 0.409 e. The summed E-state index contributed by atoms with van der Waals surface area (Å²) in [6, 6.07) is 2.71. The summed E-state index contributed by atoms with van der Waals surface area (Å²) in [4.78, 5) is 6.53. The van der Waals surface area contributed by atoms with Crippen LogP contribution in [0.25, 0.3) is 0 Å². The Hall–Kier alpha value is -1.14. The van der Waals surface area contributed by atoms with Crippen molar-refractivity contribution in [2.24, 2.45) is 10.9 Å². The smallest absolute Gasteiger partial charge is 0.140 e. The highest BCUT2D eigenvalue weighted by Gasteiger charge is 2.28. The van der Waals surface area contributed by atoms with Gasteiger partial charge in [0.2, 0.25) is 0 Å². The second-order valence-electron chi connectivity index (χ2n) is 4.55. The predicted molar refractivity (Wildman–Crippen MR) is 73.4 cm³/mol. The first-order valence-electron chi connectivity index (χ1n) is 5.99. The Labute approximate surface area is 115 Å². The van der Waals surface area contributed by atoms with E-state index in [1.165, 1.54) is 18.4 Å². The van der Waals surface area contributed by atoms with Crippen molar-refractivity contribution in [1.82, 2.24) is 9.88 Å². The lowest BCUT2D eigenvalue weighted by atomic mass is 10.2. The molecule has 0 radical (unpaired) electrons. The molecule has 0 aliphatic heterocycles. The van der Waals surface area contributed by atoms with Gasteiger partial charge in [-0.15, -0.1) is 0 Å². The summed E-state index contributed by atoms with van der Waals surface area (Å²) in [7, 11) is 0. The maximum Gasteiger partial charge on any atom is 0.140 e. The van der Waals surface area contributed by atoms with Crippen molar-refractivity contribution in [2.75, 3.05) is 6.54 Å². The van der Waals surface area contributed by atoms with Crippen LogP contribution in [0.1, 0.15) is 24.8 Å². The number of rotatable bonds is 6. The lowest BCUT2D eigenvalue weighted by molar-refractivity contribution is 0.259. The van der Waals surface area contributed by atoms with Gasteiger partial charge in [0.25, 0.3) is 0 Å². The molecule has 18 heavy (non-hydrogen) atoms. The van der Waals surface area contributed by atoms with Crippen LogP contribution in [0.5, 0.6) is 0 Å². The van der Waals surface area contributed by atoms with Gasteiger partial charge in [0.05, 0.1) is 0 Å². The molecular weight excluding hydrogens is 296 g/mol. The van der Waals surface area contributed by atoms with Gasteiger partial charge in [-0.25, -0.2) is 0 Å². The van der Waals surface area contributed by atoms with Crippen molar-refractivity contribution >= 4 is 21.8 Å². The fraction of sp³-hybridized carbons (Fsp3) is 0.500. The molecule has 0 amide bonds. The summed E-state index contributed by atoms with van der Waals surface area (Å²) >= 11 is 3.42. The fourth-order valence-corrected chi connectivity index (χ4v) is 2.33. The second kappa shape index (κ2) is 6.15. The minimum Gasteiger partial charge on any atom is -0.409 e. The third-order valence-electron chi connectivity index (χ3n) is 2.99. The Balaban J connectivity index is 1.94. The number of nitrogens with two attached hydrogens (primary N) is 1. The molecule has 5 nitrogen and oxygen atoms in total. The zero-order valence-corrected chi connectivity index (χ0v) is 11.7. The average molecular weight is 313 g/mol. The Kier molecular flexibility index (Phi) is 4.54. The van der Waals surface area contributed by atoms with E-state index >= 15 is 0 Å². The Morgan fingerprint density at radius 2 is 2.33 bits per heavy atom. The van der Waals surface area contributed by atoms with Gasteiger partial charge in [0.1, 0.15) is 5.84 Å². The van der Waals surface area contributed by atoms with Crippen LogP contribution in [-0.4, -0.2) is 33.5 Å². The molecule has 1 aliphatic carbocycles. The summed E-state index contributed by atoms with van der Waals surface area (Å²) in [5.74, 6) is 0.285. The molecule has 0 bridgehead atoms. The van der Waals surface area contributed by atoms with Gasteiger partial charge < -0.3 is 10.9 Å². The average Bonchev–Trinajstić information content (AvgIpc) is 3.18. The standard InChI is InChI=1S/C12H17BrN4O/c13-10-5-9(6-15-7-10)8-17(11-1-2-11)4-3-12(14)16-18/h5-7,11,18H,1-4,8H2,(H2,14,16). The SMILES string of the molecule is N/C(CCN(Cc1cncc(Br)c1)C1CC1)=N/O. The van der Waals surface area contributed by atoms with E-state index in [1.807, 2.05) is 6.20 Å². The number of pyridine rings is 1. The number of halogens is 1. The van der Waals surface area contributed by atoms with E-state index in [9.17, 15) is 0 Å². The molecule has 1 fully saturated rings. The van der Waals surface area contributed by atoms with Crippen LogP contribution >= 0.6 is 15.9 Å². The Morgan fingerprint density at radius 3 is 2.94 bits per heavy atom. The molecule has 0 aromatic carbocycles. The molecular formula is C12H17BrN4O. The highest BCUT2D eigenvalue weighted by atomic mass is 79.9. The molecule has 0 saturated heterocycles. The van der Waals surface area contributed by atoms with Crippen molar-refractivity contribution in [1.29, 1.82) is 0 Å². The number of oxime groups is 1. The van der Waals surface area contributed by atoms with Gasteiger partial charge in [-0.3, -0.25) is 9.88 Å². The van der Waals surface area contributed by atoms with Gasteiger partial charge >= 0.3 is 0 Å². The van der Waals surface area contributed by atoms with Crippen molar-refractivity contribution in [2.45, 2.75) is 31.8 Å². The number of nitrogens with zero attached hydrogens (tertiary/aromatic N) is 3. The quantitative estimate of drug-likeness (QED) is 0.364. The van der Waals surface area contributed by atoms with E-state index in [2.05, 4.69) is 37.0 Å². The number of hydrogen-bond acceptors (Lipinski definition) is 4. The molecule has 1 aromatic heterocycles. The summed E-state index contributed by atoms with van der Waals surface area (Å²) in [6.07, 6.45) is 6.72. The summed E-state index contributed by atoms with van der Waals surface area (Å²) in [5.41, 5.74) is 6.69. The maximum atomic E-state index is 8.56. The van der Waals surface area contributed by atoms with Gasteiger partial charge in [-0.2, -0.15) is 0 Å². The molecule has 0 unspecified atom stereocenters. The first-order valence-corrected chi connectivity index (χ1v) is 6.78. The zero-order valence-electron chi connectivity index (χ0n) is 10.1. The normalized spacial score (nSPS) is 16.2.